The Morgan fingerprint density at radius 1 is 1.15 bits per heavy atom. The van der Waals surface area contributed by atoms with Crippen molar-refractivity contribution in [2.45, 2.75) is 33.2 Å². The maximum atomic E-state index is 12.5. The Morgan fingerprint density at radius 2 is 1.75 bits per heavy atom. The van der Waals surface area contributed by atoms with Crippen molar-refractivity contribution >= 4 is 17.8 Å². The number of nitrogens with one attached hydrogen (secondary N) is 1. The van der Waals surface area contributed by atoms with Crippen molar-refractivity contribution in [2.75, 3.05) is 0 Å². The first-order valence-electron chi connectivity index (χ1n) is 6.63. The van der Waals surface area contributed by atoms with E-state index in [0.717, 1.165) is 10.5 Å². The second-order valence-electron chi connectivity index (χ2n) is 5.39. The molecular weight excluding hydrogens is 256 g/mol. The van der Waals surface area contributed by atoms with Crippen molar-refractivity contribution in [3.05, 3.63) is 35.9 Å². The molecule has 0 spiro atoms. The summed E-state index contributed by atoms with van der Waals surface area (Å²) in [6, 6.07) is 8.34. The van der Waals surface area contributed by atoms with E-state index in [2.05, 4.69) is 5.32 Å². The molecule has 1 saturated heterocycles. The summed E-state index contributed by atoms with van der Waals surface area (Å²) in [4.78, 5) is 37.4. The summed E-state index contributed by atoms with van der Waals surface area (Å²) in [7, 11) is 0. The van der Waals surface area contributed by atoms with E-state index < -0.39 is 23.3 Å². The second kappa shape index (κ2) is 5.07. The zero-order chi connectivity index (χ0) is 14.9. The largest absolute Gasteiger partial charge is 0.331 e. The van der Waals surface area contributed by atoms with E-state index in [1.807, 2.05) is 37.3 Å². The van der Waals surface area contributed by atoms with Crippen LogP contribution < -0.4 is 5.32 Å². The molecule has 2 rings (SSSR count). The number of rotatable bonds is 3. The van der Waals surface area contributed by atoms with Crippen LogP contribution in [0.3, 0.4) is 0 Å². The van der Waals surface area contributed by atoms with E-state index in [1.54, 1.807) is 0 Å². The van der Waals surface area contributed by atoms with Crippen molar-refractivity contribution < 1.29 is 14.4 Å². The monoisotopic (exact) mass is 274 g/mol. The molecule has 0 bridgehead atoms. The molecule has 5 nitrogen and oxygen atoms in total. The van der Waals surface area contributed by atoms with E-state index in [1.165, 1.54) is 13.8 Å². The number of benzene rings is 1. The quantitative estimate of drug-likeness (QED) is 0.860. The molecule has 0 aliphatic carbocycles. The molecule has 20 heavy (non-hydrogen) atoms. The average Bonchev–Trinajstić information content (AvgIpc) is 2.43. The molecule has 4 amide bonds. The molecule has 1 N–H and O–H groups in total. The van der Waals surface area contributed by atoms with Gasteiger partial charge in [0.1, 0.15) is 5.41 Å². The fourth-order valence-electron chi connectivity index (χ4n) is 2.33. The number of barbiturate groups is 1. The SMILES string of the molecule is CCC(c1ccccc1)N1C(=O)NC(=O)C(C)(C)C1=O. The normalized spacial score (nSPS) is 19.8. The second-order valence-corrected chi connectivity index (χ2v) is 5.39. The highest BCUT2D eigenvalue weighted by molar-refractivity contribution is 6.18. The maximum absolute atomic E-state index is 12.5. The average molecular weight is 274 g/mol. The van der Waals surface area contributed by atoms with Gasteiger partial charge in [0, 0.05) is 0 Å². The fraction of sp³-hybridized carbons (Fsp3) is 0.400. The summed E-state index contributed by atoms with van der Waals surface area (Å²) < 4.78 is 0. The van der Waals surface area contributed by atoms with Gasteiger partial charge in [-0.15, -0.1) is 0 Å². The van der Waals surface area contributed by atoms with Crippen LogP contribution in [0.1, 0.15) is 38.8 Å². The maximum Gasteiger partial charge on any atom is 0.331 e. The molecule has 0 saturated carbocycles. The molecule has 1 atom stereocenters. The van der Waals surface area contributed by atoms with Crippen molar-refractivity contribution in [3.8, 4) is 0 Å². The minimum absolute atomic E-state index is 0.365. The number of amides is 4. The number of carbonyl (C=O) groups is 3. The predicted molar refractivity (Wildman–Crippen MR) is 73.6 cm³/mol. The molecule has 0 radical (unpaired) electrons. The van der Waals surface area contributed by atoms with Gasteiger partial charge in [0.15, 0.2) is 0 Å². The van der Waals surface area contributed by atoms with Gasteiger partial charge in [0.25, 0.3) is 0 Å². The van der Waals surface area contributed by atoms with Crippen LogP contribution in [0.15, 0.2) is 30.3 Å². The van der Waals surface area contributed by atoms with E-state index in [-0.39, 0.29) is 6.04 Å². The van der Waals surface area contributed by atoms with Gasteiger partial charge in [-0.2, -0.15) is 0 Å². The highest BCUT2D eigenvalue weighted by Gasteiger charge is 2.49. The summed E-state index contributed by atoms with van der Waals surface area (Å²) in [5.74, 6) is -1.01. The molecule has 0 aromatic heterocycles. The Hall–Kier alpha value is -2.17. The minimum Gasteiger partial charge on any atom is -0.277 e. The standard InChI is InChI=1S/C15H18N2O3/c1-4-11(10-8-6-5-7-9-10)17-13(19)15(2,3)12(18)16-14(17)20/h5-9,11H,4H2,1-3H3,(H,16,18,20). The van der Waals surface area contributed by atoms with Crippen LogP contribution in [0.4, 0.5) is 4.79 Å². The zero-order valence-electron chi connectivity index (χ0n) is 11.8. The Labute approximate surface area is 118 Å². The number of urea groups is 1. The lowest BCUT2D eigenvalue weighted by atomic mass is 9.87. The molecule has 1 fully saturated rings. The fourth-order valence-corrected chi connectivity index (χ4v) is 2.33. The van der Waals surface area contributed by atoms with Crippen LogP contribution in [-0.4, -0.2) is 22.7 Å². The van der Waals surface area contributed by atoms with Gasteiger partial charge in [-0.1, -0.05) is 37.3 Å². The first kappa shape index (κ1) is 14.2. The Kier molecular flexibility index (Phi) is 3.61. The third-order valence-electron chi connectivity index (χ3n) is 3.64. The Balaban J connectivity index is 2.41. The molecule has 5 heteroatoms. The van der Waals surface area contributed by atoms with Gasteiger partial charge in [-0.3, -0.25) is 19.8 Å². The van der Waals surface area contributed by atoms with Gasteiger partial charge >= 0.3 is 6.03 Å². The highest BCUT2D eigenvalue weighted by atomic mass is 16.2. The minimum atomic E-state index is -1.23. The van der Waals surface area contributed by atoms with Crippen molar-refractivity contribution in [1.29, 1.82) is 0 Å². The molecule has 1 aromatic carbocycles. The van der Waals surface area contributed by atoms with Crippen molar-refractivity contribution in [3.63, 3.8) is 0 Å². The third-order valence-corrected chi connectivity index (χ3v) is 3.64. The van der Waals surface area contributed by atoms with Crippen LogP contribution in [0, 0.1) is 5.41 Å². The van der Waals surface area contributed by atoms with Crippen LogP contribution in [-0.2, 0) is 9.59 Å². The van der Waals surface area contributed by atoms with Crippen molar-refractivity contribution in [2.24, 2.45) is 5.41 Å². The van der Waals surface area contributed by atoms with Crippen LogP contribution in [0.25, 0.3) is 0 Å². The van der Waals surface area contributed by atoms with Gasteiger partial charge in [0.05, 0.1) is 6.04 Å². The molecule has 1 aliphatic rings. The van der Waals surface area contributed by atoms with E-state index >= 15 is 0 Å². The zero-order valence-corrected chi connectivity index (χ0v) is 11.8. The summed E-state index contributed by atoms with van der Waals surface area (Å²) in [6.45, 7) is 4.96. The van der Waals surface area contributed by atoms with Gasteiger partial charge in [-0.25, -0.2) is 4.79 Å². The highest BCUT2D eigenvalue weighted by Crippen LogP contribution is 2.32. The Bertz CT molecular complexity index is 551. The summed E-state index contributed by atoms with van der Waals surface area (Å²) in [6.07, 6.45) is 0.591. The van der Waals surface area contributed by atoms with E-state index in [4.69, 9.17) is 0 Å². The molecule has 1 aliphatic heterocycles. The van der Waals surface area contributed by atoms with Gasteiger partial charge in [-0.05, 0) is 25.8 Å². The van der Waals surface area contributed by atoms with Crippen LogP contribution >= 0.6 is 0 Å². The van der Waals surface area contributed by atoms with Gasteiger partial charge < -0.3 is 0 Å². The first-order valence-corrected chi connectivity index (χ1v) is 6.63. The number of hydrogen-bond donors (Lipinski definition) is 1. The van der Waals surface area contributed by atoms with Crippen LogP contribution in [0.2, 0.25) is 0 Å². The van der Waals surface area contributed by atoms with E-state index in [9.17, 15) is 14.4 Å². The molecular formula is C15H18N2O3. The molecule has 106 valence electrons. The van der Waals surface area contributed by atoms with Crippen LogP contribution in [0.5, 0.6) is 0 Å². The Morgan fingerprint density at radius 3 is 2.30 bits per heavy atom. The number of imide groups is 2. The summed E-state index contributed by atoms with van der Waals surface area (Å²) >= 11 is 0. The third kappa shape index (κ3) is 2.19. The van der Waals surface area contributed by atoms with E-state index in [0.29, 0.717) is 6.42 Å². The molecule has 1 aromatic rings. The first-order chi connectivity index (χ1) is 9.39. The lowest BCUT2D eigenvalue weighted by Crippen LogP contribution is -2.62. The summed E-state index contributed by atoms with van der Waals surface area (Å²) in [5.41, 5.74) is -0.348. The topological polar surface area (TPSA) is 66.5 Å². The molecule has 1 unspecified atom stereocenters. The lowest BCUT2D eigenvalue weighted by molar-refractivity contribution is -0.150. The lowest BCUT2D eigenvalue weighted by Gasteiger charge is -2.39. The smallest absolute Gasteiger partial charge is 0.277 e. The number of nitrogens with zero attached hydrogens (tertiary/aromatic N) is 1. The summed E-state index contributed by atoms with van der Waals surface area (Å²) in [5, 5.41) is 2.26. The van der Waals surface area contributed by atoms with Gasteiger partial charge in [0.2, 0.25) is 11.8 Å². The number of carbonyl (C=O) groups excluding carboxylic acids is 3. The predicted octanol–water partition coefficient (Wildman–Crippen LogP) is 2.24. The van der Waals surface area contributed by atoms with Crippen molar-refractivity contribution in [1.82, 2.24) is 10.2 Å². The molecule has 1 heterocycles. The number of hydrogen-bond acceptors (Lipinski definition) is 3.